The van der Waals surface area contributed by atoms with E-state index in [1.54, 1.807) is 11.0 Å². The largest absolute Gasteiger partial charge is 0.417 e. The number of rotatable bonds is 1. The van der Waals surface area contributed by atoms with Gasteiger partial charge in [0.05, 0.1) is 35.4 Å². The SMILES string of the molecule is O=C(c1cnc2ccccc2c1C(F)(F)F)N1CCOC2CCCCC21. The Balaban J connectivity index is 1.79. The standard InChI is InChI=1S/C19H19F3N2O2/c20-19(21,22)17-12-5-1-2-6-14(12)23-11-13(17)18(25)24-9-10-26-16-8-4-3-7-15(16)24/h1-2,5-6,11,15-16H,3-4,7-10H2. The topological polar surface area (TPSA) is 42.4 Å². The summed E-state index contributed by atoms with van der Waals surface area (Å²) < 4.78 is 47.2. The van der Waals surface area contributed by atoms with E-state index in [2.05, 4.69) is 4.98 Å². The van der Waals surface area contributed by atoms with Gasteiger partial charge in [0.15, 0.2) is 0 Å². The van der Waals surface area contributed by atoms with Crippen LogP contribution >= 0.6 is 0 Å². The number of fused-ring (bicyclic) bond motifs is 2. The van der Waals surface area contributed by atoms with E-state index in [1.165, 1.54) is 18.2 Å². The zero-order chi connectivity index (χ0) is 18.3. The Morgan fingerprint density at radius 1 is 1.19 bits per heavy atom. The molecule has 1 aliphatic heterocycles. The average Bonchev–Trinajstić information content (AvgIpc) is 2.65. The summed E-state index contributed by atoms with van der Waals surface area (Å²) in [4.78, 5) is 18.8. The van der Waals surface area contributed by atoms with Crippen LogP contribution in [-0.4, -0.2) is 41.1 Å². The number of nitrogens with zero attached hydrogens (tertiary/aromatic N) is 2. The fraction of sp³-hybridized carbons (Fsp3) is 0.474. The van der Waals surface area contributed by atoms with Gasteiger partial charge in [0.25, 0.3) is 5.91 Å². The van der Waals surface area contributed by atoms with Crippen LogP contribution in [0.3, 0.4) is 0 Å². The molecule has 138 valence electrons. The van der Waals surface area contributed by atoms with E-state index in [4.69, 9.17) is 4.74 Å². The number of aromatic nitrogens is 1. The molecular weight excluding hydrogens is 345 g/mol. The van der Waals surface area contributed by atoms with Gasteiger partial charge in [0, 0.05) is 18.1 Å². The summed E-state index contributed by atoms with van der Waals surface area (Å²) in [5.74, 6) is -0.601. The van der Waals surface area contributed by atoms with Crippen LogP contribution in [-0.2, 0) is 10.9 Å². The molecule has 4 nitrogen and oxygen atoms in total. The van der Waals surface area contributed by atoms with Crippen molar-refractivity contribution in [3.63, 3.8) is 0 Å². The fourth-order valence-electron chi connectivity index (χ4n) is 4.11. The van der Waals surface area contributed by atoms with Crippen molar-refractivity contribution in [2.45, 2.75) is 44.0 Å². The van der Waals surface area contributed by atoms with Gasteiger partial charge in [-0.3, -0.25) is 9.78 Å². The maximum atomic E-state index is 13.8. The van der Waals surface area contributed by atoms with Gasteiger partial charge in [0.1, 0.15) is 0 Å². The van der Waals surface area contributed by atoms with Gasteiger partial charge in [-0.05, 0) is 18.9 Å². The highest BCUT2D eigenvalue weighted by Crippen LogP contribution is 2.38. The molecule has 1 saturated heterocycles. The molecule has 7 heteroatoms. The molecule has 1 aliphatic carbocycles. The van der Waals surface area contributed by atoms with Crippen molar-refractivity contribution in [3.8, 4) is 0 Å². The van der Waals surface area contributed by atoms with E-state index in [1.807, 2.05) is 0 Å². The molecule has 1 saturated carbocycles. The molecule has 2 aliphatic rings. The minimum atomic E-state index is -4.63. The summed E-state index contributed by atoms with van der Waals surface area (Å²) in [6.45, 7) is 0.666. The number of carbonyl (C=O) groups excluding carboxylic acids is 1. The number of carbonyl (C=O) groups is 1. The number of morpholine rings is 1. The van der Waals surface area contributed by atoms with Crippen LogP contribution < -0.4 is 0 Å². The normalized spacial score (nSPS) is 23.7. The molecule has 2 unspecified atom stereocenters. The summed E-state index contributed by atoms with van der Waals surface area (Å²) >= 11 is 0. The minimum Gasteiger partial charge on any atom is -0.374 e. The van der Waals surface area contributed by atoms with Gasteiger partial charge in [-0.25, -0.2) is 0 Å². The number of alkyl halides is 3. The lowest BCUT2D eigenvalue weighted by Gasteiger charge is -2.44. The van der Waals surface area contributed by atoms with Crippen LogP contribution in [0.5, 0.6) is 0 Å². The first-order valence-electron chi connectivity index (χ1n) is 8.84. The van der Waals surface area contributed by atoms with Crippen LogP contribution in [0, 0.1) is 0 Å². The van der Waals surface area contributed by atoms with Gasteiger partial charge < -0.3 is 9.64 Å². The number of hydrogen-bond acceptors (Lipinski definition) is 3. The first-order valence-corrected chi connectivity index (χ1v) is 8.84. The monoisotopic (exact) mass is 364 g/mol. The lowest BCUT2D eigenvalue weighted by atomic mass is 9.89. The number of para-hydroxylation sites is 1. The van der Waals surface area contributed by atoms with Gasteiger partial charge in [0.2, 0.25) is 0 Å². The Morgan fingerprint density at radius 2 is 1.96 bits per heavy atom. The second kappa shape index (κ2) is 6.54. The van der Waals surface area contributed by atoms with Crippen molar-refractivity contribution < 1.29 is 22.7 Å². The zero-order valence-corrected chi connectivity index (χ0v) is 14.1. The molecule has 0 radical (unpaired) electrons. The first kappa shape index (κ1) is 17.3. The number of pyridine rings is 1. The van der Waals surface area contributed by atoms with Crippen molar-refractivity contribution in [1.29, 1.82) is 0 Å². The molecule has 4 rings (SSSR count). The Labute approximate surface area is 149 Å². The lowest BCUT2D eigenvalue weighted by Crippen LogP contribution is -2.55. The summed E-state index contributed by atoms with van der Waals surface area (Å²) in [6, 6.07) is 5.89. The molecule has 1 aromatic heterocycles. The fourth-order valence-corrected chi connectivity index (χ4v) is 4.11. The maximum Gasteiger partial charge on any atom is 0.417 e. The second-order valence-electron chi connectivity index (χ2n) is 6.82. The van der Waals surface area contributed by atoms with Crippen LogP contribution in [0.2, 0.25) is 0 Å². The van der Waals surface area contributed by atoms with E-state index in [0.29, 0.717) is 13.2 Å². The highest BCUT2D eigenvalue weighted by Gasteiger charge is 2.42. The number of halogens is 3. The molecule has 26 heavy (non-hydrogen) atoms. The molecule has 2 heterocycles. The van der Waals surface area contributed by atoms with Crippen molar-refractivity contribution >= 4 is 16.8 Å². The van der Waals surface area contributed by atoms with Gasteiger partial charge in [-0.1, -0.05) is 31.0 Å². The molecular formula is C19H19F3N2O2. The predicted octanol–water partition coefficient (Wildman–Crippen LogP) is 4.04. The minimum absolute atomic E-state index is 0.0423. The Kier molecular flexibility index (Phi) is 4.34. The zero-order valence-electron chi connectivity index (χ0n) is 14.1. The van der Waals surface area contributed by atoms with Crippen LogP contribution in [0.4, 0.5) is 13.2 Å². The second-order valence-corrected chi connectivity index (χ2v) is 6.82. The van der Waals surface area contributed by atoms with Crippen molar-refractivity contribution in [2.24, 2.45) is 0 Å². The van der Waals surface area contributed by atoms with Gasteiger partial charge in [-0.2, -0.15) is 13.2 Å². The predicted molar refractivity (Wildman–Crippen MR) is 89.8 cm³/mol. The molecule has 1 amide bonds. The highest BCUT2D eigenvalue weighted by molar-refractivity contribution is 6.00. The van der Waals surface area contributed by atoms with Gasteiger partial charge in [-0.15, -0.1) is 0 Å². The number of benzene rings is 1. The van der Waals surface area contributed by atoms with E-state index in [0.717, 1.165) is 31.9 Å². The molecule has 0 N–H and O–H groups in total. The summed E-state index contributed by atoms with van der Waals surface area (Å²) in [7, 11) is 0. The van der Waals surface area contributed by atoms with Gasteiger partial charge >= 0.3 is 6.18 Å². The number of ether oxygens (including phenoxy) is 1. The lowest BCUT2D eigenvalue weighted by molar-refractivity contribution is -0.136. The Hall–Kier alpha value is -2.15. The Bertz CT molecular complexity index is 835. The van der Waals surface area contributed by atoms with Crippen molar-refractivity contribution in [3.05, 3.63) is 41.6 Å². The van der Waals surface area contributed by atoms with E-state index >= 15 is 0 Å². The summed E-state index contributed by atoms with van der Waals surface area (Å²) in [6.07, 6.45) is -0.0588. The molecule has 2 aromatic rings. The molecule has 0 bridgehead atoms. The smallest absolute Gasteiger partial charge is 0.374 e. The third-order valence-corrected chi connectivity index (χ3v) is 5.28. The first-order chi connectivity index (χ1) is 12.5. The van der Waals surface area contributed by atoms with E-state index in [-0.39, 0.29) is 28.6 Å². The van der Waals surface area contributed by atoms with Crippen LogP contribution in [0.1, 0.15) is 41.6 Å². The van der Waals surface area contributed by atoms with E-state index < -0.39 is 17.6 Å². The summed E-state index contributed by atoms with van der Waals surface area (Å²) in [5.41, 5.74) is -1.04. The van der Waals surface area contributed by atoms with Crippen LogP contribution in [0.25, 0.3) is 10.9 Å². The summed E-state index contributed by atoms with van der Waals surface area (Å²) in [5, 5.41) is -0.0423. The number of amides is 1. The average molecular weight is 364 g/mol. The third-order valence-electron chi connectivity index (χ3n) is 5.28. The third kappa shape index (κ3) is 2.94. The molecule has 0 spiro atoms. The Morgan fingerprint density at radius 3 is 2.77 bits per heavy atom. The highest BCUT2D eigenvalue weighted by atomic mass is 19.4. The van der Waals surface area contributed by atoms with Crippen LogP contribution in [0.15, 0.2) is 30.5 Å². The van der Waals surface area contributed by atoms with Crippen molar-refractivity contribution in [2.75, 3.05) is 13.2 Å². The maximum absolute atomic E-state index is 13.8. The molecule has 1 aromatic carbocycles. The van der Waals surface area contributed by atoms with Crippen molar-refractivity contribution in [1.82, 2.24) is 9.88 Å². The van der Waals surface area contributed by atoms with E-state index in [9.17, 15) is 18.0 Å². The molecule has 2 atom stereocenters. The number of hydrogen-bond donors (Lipinski definition) is 0. The molecule has 2 fully saturated rings. The quantitative estimate of drug-likeness (QED) is 0.767.